The molecule has 0 radical (unpaired) electrons. The summed E-state index contributed by atoms with van der Waals surface area (Å²) in [5.41, 5.74) is 2.47. The van der Waals surface area contributed by atoms with Gasteiger partial charge in [-0.3, -0.25) is 9.59 Å². The Balaban J connectivity index is 1.35. The van der Waals surface area contributed by atoms with Gasteiger partial charge in [0.1, 0.15) is 29.1 Å². The molecule has 0 spiro atoms. The molecule has 5 rings (SSSR count). The molecule has 1 aromatic carbocycles. The number of halogens is 1. The van der Waals surface area contributed by atoms with Crippen molar-refractivity contribution in [1.29, 1.82) is 0 Å². The second-order valence-electron chi connectivity index (χ2n) is 9.27. The minimum Gasteiger partial charge on any atom is -0.493 e. The number of benzene rings is 1. The average molecular weight is 466 g/mol. The van der Waals surface area contributed by atoms with Crippen LogP contribution in [0.25, 0.3) is 22.3 Å². The van der Waals surface area contributed by atoms with E-state index in [1.165, 1.54) is 25.4 Å². The molecule has 2 aliphatic rings. The lowest BCUT2D eigenvalue weighted by atomic mass is 9.91. The largest absolute Gasteiger partial charge is 0.493 e. The Morgan fingerprint density at radius 3 is 2.53 bits per heavy atom. The van der Waals surface area contributed by atoms with Gasteiger partial charge in [-0.2, -0.15) is 0 Å². The molecular weight excluding hydrogens is 437 g/mol. The number of amides is 2. The first-order valence-corrected chi connectivity index (χ1v) is 11.8. The van der Waals surface area contributed by atoms with Crippen molar-refractivity contribution in [2.24, 2.45) is 5.92 Å². The SMILES string of the molecule is CC(=O)N[C@H]1CC[C@H](NC(=O)c2c[nH]c3c(-c4cc(F)ccc4OCC4CC4)ncnc23)CC1. The summed E-state index contributed by atoms with van der Waals surface area (Å²) in [5, 5.41) is 6.04. The van der Waals surface area contributed by atoms with Gasteiger partial charge in [-0.05, 0) is 62.6 Å². The topological polar surface area (TPSA) is 109 Å². The van der Waals surface area contributed by atoms with E-state index in [0.717, 1.165) is 38.5 Å². The van der Waals surface area contributed by atoms with Crippen LogP contribution in [0.1, 0.15) is 55.8 Å². The van der Waals surface area contributed by atoms with Gasteiger partial charge in [0.25, 0.3) is 5.91 Å². The molecule has 8 nitrogen and oxygen atoms in total. The molecule has 0 saturated heterocycles. The van der Waals surface area contributed by atoms with Crippen molar-refractivity contribution < 1.29 is 18.7 Å². The maximum atomic E-state index is 14.1. The number of hydrogen-bond donors (Lipinski definition) is 3. The van der Waals surface area contributed by atoms with Crippen molar-refractivity contribution in [3.05, 3.63) is 42.1 Å². The molecule has 2 saturated carbocycles. The number of H-pyrrole nitrogens is 1. The zero-order valence-electron chi connectivity index (χ0n) is 19.1. The van der Waals surface area contributed by atoms with Crippen molar-refractivity contribution in [3.8, 4) is 17.0 Å². The molecular formula is C25H28FN5O3. The smallest absolute Gasteiger partial charge is 0.255 e. The van der Waals surface area contributed by atoms with Gasteiger partial charge in [-0.15, -0.1) is 0 Å². The maximum absolute atomic E-state index is 14.1. The van der Waals surface area contributed by atoms with Crippen LogP contribution < -0.4 is 15.4 Å². The van der Waals surface area contributed by atoms with Crippen LogP contribution in [0, 0.1) is 11.7 Å². The normalized spacial score (nSPS) is 20.2. The zero-order valence-corrected chi connectivity index (χ0v) is 19.1. The minimum atomic E-state index is -0.389. The number of nitrogens with one attached hydrogen (secondary N) is 3. The number of fused-ring (bicyclic) bond motifs is 1. The molecule has 178 valence electrons. The highest BCUT2D eigenvalue weighted by atomic mass is 19.1. The molecule has 0 atom stereocenters. The monoisotopic (exact) mass is 465 g/mol. The van der Waals surface area contributed by atoms with Crippen LogP contribution in [0.2, 0.25) is 0 Å². The van der Waals surface area contributed by atoms with Gasteiger partial charge in [0.2, 0.25) is 5.91 Å². The lowest BCUT2D eigenvalue weighted by Gasteiger charge is -2.29. The van der Waals surface area contributed by atoms with Gasteiger partial charge in [0.15, 0.2) is 0 Å². The van der Waals surface area contributed by atoms with Crippen LogP contribution in [-0.4, -0.2) is 45.5 Å². The van der Waals surface area contributed by atoms with Gasteiger partial charge in [-0.25, -0.2) is 14.4 Å². The van der Waals surface area contributed by atoms with Crippen LogP contribution in [0.15, 0.2) is 30.7 Å². The predicted octanol–water partition coefficient (Wildman–Crippen LogP) is 3.73. The van der Waals surface area contributed by atoms with Crippen molar-refractivity contribution in [2.45, 2.75) is 57.5 Å². The van der Waals surface area contributed by atoms with Crippen LogP contribution in [0.5, 0.6) is 5.75 Å². The van der Waals surface area contributed by atoms with Gasteiger partial charge < -0.3 is 20.4 Å². The predicted molar refractivity (Wildman–Crippen MR) is 125 cm³/mol. The zero-order chi connectivity index (χ0) is 23.7. The van der Waals surface area contributed by atoms with Gasteiger partial charge in [-0.1, -0.05) is 0 Å². The summed E-state index contributed by atoms with van der Waals surface area (Å²) in [7, 11) is 0. The van der Waals surface area contributed by atoms with E-state index in [2.05, 4.69) is 25.6 Å². The molecule has 3 N–H and O–H groups in total. The number of ether oxygens (including phenoxy) is 1. The molecule has 9 heteroatoms. The number of aromatic amines is 1. The Morgan fingerprint density at radius 2 is 1.82 bits per heavy atom. The number of nitrogens with zero attached hydrogens (tertiary/aromatic N) is 2. The number of carbonyl (C=O) groups is 2. The van der Waals surface area contributed by atoms with Gasteiger partial charge in [0, 0.05) is 30.8 Å². The van der Waals surface area contributed by atoms with Gasteiger partial charge in [0.05, 0.1) is 17.7 Å². The molecule has 0 bridgehead atoms. The molecule has 2 heterocycles. The molecule has 2 fully saturated rings. The first-order valence-electron chi connectivity index (χ1n) is 11.8. The number of aromatic nitrogens is 3. The van der Waals surface area contributed by atoms with Crippen LogP contribution in [0.4, 0.5) is 4.39 Å². The third-order valence-electron chi connectivity index (χ3n) is 6.55. The molecule has 3 aromatic rings. The summed E-state index contributed by atoms with van der Waals surface area (Å²) in [6.07, 6.45) is 8.55. The number of rotatable bonds is 7. The number of carbonyl (C=O) groups excluding carboxylic acids is 2. The summed E-state index contributed by atoms with van der Waals surface area (Å²) in [6, 6.07) is 4.59. The molecule has 0 aliphatic heterocycles. The maximum Gasteiger partial charge on any atom is 0.255 e. The van der Waals surface area contributed by atoms with Crippen LogP contribution in [-0.2, 0) is 4.79 Å². The lowest BCUT2D eigenvalue weighted by Crippen LogP contribution is -2.43. The van der Waals surface area contributed by atoms with Crippen molar-refractivity contribution >= 4 is 22.8 Å². The Kier molecular flexibility index (Phi) is 6.17. The van der Waals surface area contributed by atoms with E-state index in [1.807, 2.05) is 0 Å². The van der Waals surface area contributed by atoms with Crippen LogP contribution in [0.3, 0.4) is 0 Å². The Labute approximate surface area is 196 Å². The second-order valence-corrected chi connectivity index (χ2v) is 9.27. The molecule has 0 unspecified atom stereocenters. The van der Waals surface area contributed by atoms with Gasteiger partial charge >= 0.3 is 0 Å². The Hall–Kier alpha value is -3.49. The summed E-state index contributed by atoms with van der Waals surface area (Å²) < 4.78 is 20.1. The first kappa shape index (κ1) is 22.3. The van der Waals surface area contributed by atoms with E-state index in [1.54, 1.807) is 12.3 Å². The molecule has 2 aliphatic carbocycles. The van der Waals surface area contributed by atoms with E-state index in [0.29, 0.717) is 46.1 Å². The van der Waals surface area contributed by atoms with E-state index in [4.69, 9.17) is 4.74 Å². The van der Waals surface area contributed by atoms with Crippen molar-refractivity contribution in [1.82, 2.24) is 25.6 Å². The second kappa shape index (κ2) is 9.40. The van der Waals surface area contributed by atoms with E-state index < -0.39 is 0 Å². The molecule has 2 amide bonds. The quantitative estimate of drug-likeness (QED) is 0.493. The summed E-state index contributed by atoms with van der Waals surface area (Å²) in [4.78, 5) is 36.2. The molecule has 34 heavy (non-hydrogen) atoms. The summed E-state index contributed by atoms with van der Waals surface area (Å²) in [5.74, 6) is 0.478. The fourth-order valence-electron chi connectivity index (χ4n) is 4.55. The molecule has 2 aromatic heterocycles. The highest BCUT2D eigenvalue weighted by molar-refractivity contribution is 6.07. The lowest BCUT2D eigenvalue weighted by molar-refractivity contribution is -0.119. The third-order valence-corrected chi connectivity index (χ3v) is 6.55. The van der Waals surface area contributed by atoms with E-state index in [-0.39, 0.29) is 29.7 Å². The van der Waals surface area contributed by atoms with Crippen molar-refractivity contribution in [3.63, 3.8) is 0 Å². The standard InChI is InChI=1S/C25H28FN5O3/c1-14(32)30-17-5-7-18(8-6-17)31-25(33)20-11-27-24-22(28-13-29-23(20)24)19-10-16(26)4-9-21(19)34-12-15-2-3-15/h4,9-11,13,15,17-18,27H,2-3,5-8,12H2,1H3,(H,30,32)(H,31,33)/t17-,18-. The third kappa shape index (κ3) is 4.88. The highest BCUT2D eigenvalue weighted by Gasteiger charge is 2.26. The fraction of sp³-hybridized carbons (Fsp3) is 0.440. The fourth-order valence-corrected chi connectivity index (χ4v) is 4.55. The summed E-state index contributed by atoms with van der Waals surface area (Å²) >= 11 is 0. The average Bonchev–Trinajstić information content (AvgIpc) is 3.54. The minimum absolute atomic E-state index is 0.0267. The van der Waals surface area contributed by atoms with E-state index in [9.17, 15) is 14.0 Å². The first-order chi connectivity index (χ1) is 16.5. The summed E-state index contributed by atoms with van der Waals surface area (Å²) in [6.45, 7) is 2.11. The van der Waals surface area contributed by atoms with Crippen LogP contribution >= 0.6 is 0 Å². The highest BCUT2D eigenvalue weighted by Crippen LogP contribution is 2.36. The van der Waals surface area contributed by atoms with Crippen molar-refractivity contribution in [2.75, 3.05) is 6.61 Å². The van der Waals surface area contributed by atoms with E-state index >= 15 is 0 Å². The number of hydrogen-bond acceptors (Lipinski definition) is 5. The Bertz CT molecular complexity index is 1210. The Morgan fingerprint density at radius 1 is 1.09 bits per heavy atom.